The van der Waals surface area contributed by atoms with Crippen LogP contribution in [0.3, 0.4) is 0 Å². The Morgan fingerprint density at radius 2 is 1.71 bits per heavy atom. The van der Waals surface area contributed by atoms with Crippen molar-refractivity contribution >= 4 is 22.7 Å². The molecule has 0 saturated heterocycles. The van der Waals surface area contributed by atoms with Crippen LogP contribution >= 0.6 is 0 Å². The molecule has 0 heterocycles. The van der Waals surface area contributed by atoms with E-state index in [1.54, 1.807) is 12.1 Å². The largest absolute Gasteiger partial charge is 1.00 e. The molecule has 2 aromatic carbocycles. The van der Waals surface area contributed by atoms with Gasteiger partial charge in [-0.1, -0.05) is 36.4 Å². The van der Waals surface area contributed by atoms with E-state index >= 15 is 0 Å². The molecule has 0 unspecified atom stereocenters. The molecule has 2 aromatic rings. The van der Waals surface area contributed by atoms with Crippen molar-refractivity contribution in [3.63, 3.8) is 0 Å². The van der Waals surface area contributed by atoms with Gasteiger partial charge in [-0.3, -0.25) is 4.79 Å². The Morgan fingerprint density at radius 1 is 1.06 bits per heavy atom. The van der Waals surface area contributed by atoms with Gasteiger partial charge in [-0.25, -0.2) is 4.79 Å². The second-order valence-electron chi connectivity index (χ2n) is 3.41. The molecule has 0 N–H and O–H groups in total. The molecule has 0 aliphatic rings. The molecule has 0 aliphatic carbocycles. The quantitative estimate of drug-likeness (QED) is 0.388. The Hall–Kier alpha value is -1.16. The van der Waals surface area contributed by atoms with Crippen molar-refractivity contribution in [2.45, 2.75) is 6.92 Å². The summed E-state index contributed by atoms with van der Waals surface area (Å²) in [6, 6.07) is 12.8. The van der Waals surface area contributed by atoms with Gasteiger partial charge >= 0.3 is 41.5 Å². The van der Waals surface area contributed by atoms with Crippen molar-refractivity contribution in [2.75, 3.05) is 0 Å². The first-order chi connectivity index (χ1) is 7.68. The smallest absolute Gasteiger partial charge is 1.00 e. The number of carbonyl (C=O) groups excluding carboxylic acids is 2. The first-order valence-electron chi connectivity index (χ1n) is 4.89. The standard InChI is InChI=1S/C13H10O3.Na.H/c1-9(14)16-13(15)12-8-4-6-10-5-2-3-7-11(10)12;;/h2-8H,1H3;;/q;+1;-1. The zero-order valence-corrected chi connectivity index (χ0v) is 11.8. The summed E-state index contributed by atoms with van der Waals surface area (Å²) in [5, 5.41) is 1.73. The number of hydrogen-bond acceptors (Lipinski definition) is 3. The maximum absolute atomic E-state index is 11.6. The Labute approximate surface area is 123 Å². The van der Waals surface area contributed by atoms with Crippen LogP contribution in [-0.4, -0.2) is 11.9 Å². The minimum Gasteiger partial charge on any atom is -1.00 e. The van der Waals surface area contributed by atoms with Crippen molar-refractivity contribution in [3.05, 3.63) is 48.0 Å². The number of rotatable bonds is 1. The minimum absolute atomic E-state index is 0. The van der Waals surface area contributed by atoms with Crippen LogP contribution in [0.5, 0.6) is 0 Å². The van der Waals surface area contributed by atoms with E-state index in [1.165, 1.54) is 6.92 Å². The molecule has 2 rings (SSSR count). The van der Waals surface area contributed by atoms with E-state index in [-0.39, 0.29) is 31.0 Å². The molecule has 17 heavy (non-hydrogen) atoms. The van der Waals surface area contributed by atoms with E-state index in [2.05, 4.69) is 4.74 Å². The monoisotopic (exact) mass is 238 g/mol. The Balaban J connectivity index is 0.00000144. The summed E-state index contributed by atoms with van der Waals surface area (Å²) in [7, 11) is 0. The predicted molar refractivity (Wildman–Crippen MR) is 61.2 cm³/mol. The van der Waals surface area contributed by atoms with Crippen molar-refractivity contribution in [1.82, 2.24) is 0 Å². The normalized spacial score (nSPS) is 9.47. The zero-order valence-electron chi connectivity index (χ0n) is 10.8. The summed E-state index contributed by atoms with van der Waals surface area (Å²) in [6.07, 6.45) is 0. The van der Waals surface area contributed by atoms with Gasteiger partial charge in [-0.15, -0.1) is 0 Å². The van der Waals surface area contributed by atoms with Gasteiger partial charge in [0, 0.05) is 6.92 Å². The zero-order chi connectivity index (χ0) is 11.5. The maximum Gasteiger partial charge on any atom is 1.00 e. The van der Waals surface area contributed by atoms with Gasteiger partial charge in [-0.05, 0) is 16.8 Å². The number of hydrogen-bond donors (Lipinski definition) is 0. The average molecular weight is 238 g/mol. The van der Waals surface area contributed by atoms with E-state index in [1.807, 2.05) is 30.3 Å². The minimum atomic E-state index is -0.607. The molecular weight excluding hydrogens is 227 g/mol. The molecule has 0 spiro atoms. The van der Waals surface area contributed by atoms with Crippen LogP contribution in [0.1, 0.15) is 18.7 Å². The molecule has 3 nitrogen and oxygen atoms in total. The van der Waals surface area contributed by atoms with Crippen molar-refractivity contribution in [2.24, 2.45) is 0 Å². The van der Waals surface area contributed by atoms with Crippen molar-refractivity contribution in [1.29, 1.82) is 0 Å². The summed E-state index contributed by atoms with van der Waals surface area (Å²) in [4.78, 5) is 22.3. The van der Waals surface area contributed by atoms with Gasteiger partial charge in [-0.2, -0.15) is 0 Å². The summed E-state index contributed by atoms with van der Waals surface area (Å²) < 4.78 is 4.57. The number of benzene rings is 2. The van der Waals surface area contributed by atoms with Gasteiger partial charge in [0.1, 0.15) is 0 Å². The first-order valence-corrected chi connectivity index (χ1v) is 4.89. The van der Waals surface area contributed by atoms with Gasteiger partial charge in [0.2, 0.25) is 0 Å². The SMILES string of the molecule is CC(=O)OC(=O)c1cccc2ccccc12.[H-].[Na+]. The molecule has 0 fully saturated rings. The van der Waals surface area contributed by atoms with Crippen LogP contribution in [0.15, 0.2) is 42.5 Å². The summed E-state index contributed by atoms with van der Waals surface area (Å²) in [6.45, 7) is 1.21. The van der Waals surface area contributed by atoms with Crippen molar-refractivity contribution < 1.29 is 45.3 Å². The molecule has 0 saturated carbocycles. The van der Waals surface area contributed by atoms with Gasteiger partial charge < -0.3 is 6.16 Å². The van der Waals surface area contributed by atoms with Crippen LogP contribution in [0.2, 0.25) is 0 Å². The van der Waals surface area contributed by atoms with Crippen LogP contribution in [0.25, 0.3) is 10.8 Å². The molecule has 4 heteroatoms. The Morgan fingerprint density at radius 3 is 2.41 bits per heavy atom. The van der Waals surface area contributed by atoms with E-state index in [0.29, 0.717) is 5.56 Å². The molecule has 0 atom stereocenters. The number of ether oxygens (including phenoxy) is 1. The fourth-order valence-electron chi connectivity index (χ4n) is 1.59. The fraction of sp³-hybridized carbons (Fsp3) is 0.0769. The Kier molecular flexibility index (Phi) is 4.87. The number of esters is 2. The molecule has 0 amide bonds. The first kappa shape index (κ1) is 13.9. The van der Waals surface area contributed by atoms with E-state index < -0.39 is 11.9 Å². The van der Waals surface area contributed by atoms with E-state index in [4.69, 9.17) is 0 Å². The fourth-order valence-corrected chi connectivity index (χ4v) is 1.59. The number of carbonyl (C=O) groups is 2. The Bertz CT molecular complexity index is 564. The molecule has 0 aliphatic heterocycles. The van der Waals surface area contributed by atoms with Crippen LogP contribution < -0.4 is 29.6 Å². The van der Waals surface area contributed by atoms with Crippen molar-refractivity contribution in [3.8, 4) is 0 Å². The van der Waals surface area contributed by atoms with Crippen LogP contribution in [0, 0.1) is 0 Å². The molecular formula is C13H11NaO3. The van der Waals surface area contributed by atoms with E-state index in [9.17, 15) is 9.59 Å². The third-order valence-electron chi connectivity index (χ3n) is 2.25. The van der Waals surface area contributed by atoms with Crippen LogP contribution in [0.4, 0.5) is 0 Å². The van der Waals surface area contributed by atoms with Crippen LogP contribution in [-0.2, 0) is 9.53 Å². The summed E-state index contributed by atoms with van der Waals surface area (Å²) in [5.41, 5.74) is 0.410. The van der Waals surface area contributed by atoms with Gasteiger partial charge in [0.05, 0.1) is 5.56 Å². The molecule has 0 aromatic heterocycles. The maximum atomic E-state index is 11.6. The second-order valence-corrected chi connectivity index (χ2v) is 3.41. The van der Waals surface area contributed by atoms with E-state index in [0.717, 1.165) is 10.8 Å². The third kappa shape index (κ3) is 3.16. The van der Waals surface area contributed by atoms with Gasteiger partial charge in [0.25, 0.3) is 0 Å². The number of fused-ring (bicyclic) bond motifs is 1. The second kappa shape index (κ2) is 5.96. The topological polar surface area (TPSA) is 43.4 Å². The van der Waals surface area contributed by atoms with Gasteiger partial charge in [0.15, 0.2) is 0 Å². The third-order valence-corrected chi connectivity index (χ3v) is 2.25. The molecule has 0 radical (unpaired) electrons. The average Bonchev–Trinajstić information content (AvgIpc) is 2.27. The molecule has 0 bridgehead atoms. The summed E-state index contributed by atoms with van der Waals surface area (Å²) >= 11 is 0. The molecule has 82 valence electrons. The summed E-state index contributed by atoms with van der Waals surface area (Å²) in [5.74, 6) is -1.21. The predicted octanol–water partition coefficient (Wildman–Crippen LogP) is -0.340.